The van der Waals surface area contributed by atoms with Gasteiger partial charge in [0.15, 0.2) is 0 Å². The van der Waals surface area contributed by atoms with Crippen molar-refractivity contribution in [3.05, 3.63) is 53.1 Å². The van der Waals surface area contributed by atoms with Crippen LogP contribution in [-0.2, 0) is 21.3 Å². The largest absolute Gasteiger partial charge is 0.444 e. The number of oxazole rings is 1. The normalized spacial score (nSPS) is 17.9. The van der Waals surface area contributed by atoms with E-state index in [2.05, 4.69) is 41.0 Å². The number of ether oxygens (including phenoxy) is 1. The summed E-state index contributed by atoms with van der Waals surface area (Å²) in [4.78, 5) is 15.7. The number of benzene rings is 1. The smallest absolute Gasteiger partial charge is 0.226 e. The van der Waals surface area contributed by atoms with E-state index in [1.165, 1.54) is 11.1 Å². The van der Waals surface area contributed by atoms with Crippen molar-refractivity contribution in [2.24, 2.45) is 0 Å². The van der Waals surface area contributed by atoms with Crippen LogP contribution in [0.15, 0.2) is 47.1 Å². The van der Waals surface area contributed by atoms with Gasteiger partial charge in [-0.05, 0) is 31.2 Å². The Morgan fingerprint density at radius 3 is 2.50 bits per heavy atom. The number of piperazine rings is 1. The molecule has 0 spiro atoms. The number of hydrogen-bond donors (Lipinski definition) is 0. The zero-order chi connectivity index (χ0) is 26.3. The van der Waals surface area contributed by atoms with E-state index >= 15 is 0 Å². The molecule has 2 aliphatic heterocycles. The van der Waals surface area contributed by atoms with Gasteiger partial charge in [0.25, 0.3) is 0 Å². The van der Waals surface area contributed by atoms with Crippen molar-refractivity contribution in [3.8, 4) is 22.8 Å². The lowest BCUT2D eigenvalue weighted by Gasteiger charge is -2.32. The molecule has 5 heterocycles. The van der Waals surface area contributed by atoms with Crippen LogP contribution < -0.4 is 4.90 Å². The van der Waals surface area contributed by atoms with E-state index in [4.69, 9.17) is 19.1 Å². The number of anilines is 1. The van der Waals surface area contributed by atoms with E-state index < -0.39 is 10.0 Å². The predicted octanol–water partition coefficient (Wildman–Crippen LogP) is 3.84. The first-order valence-electron chi connectivity index (χ1n) is 12.8. The number of aryl methyl sites for hydroxylation is 1. The van der Waals surface area contributed by atoms with E-state index in [0.29, 0.717) is 37.9 Å². The second-order valence-corrected chi connectivity index (χ2v) is 13.0. The maximum absolute atomic E-state index is 11.9. The van der Waals surface area contributed by atoms with Gasteiger partial charge in [-0.2, -0.15) is 4.31 Å². The van der Waals surface area contributed by atoms with Gasteiger partial charge in [-0.25, -0.2) is 18.4 Å². The molecule has 38 heavy (non-hydrogen) atoms. The molecule has 2 fully saturated rings. The topological polar surface area (TPSA) is 92.0 Å². The molecule has 4 aromatic rings. The summed E-state index contributed by atoms with van der Waals surface area (Å²) in [6.07, 6.45) is 2.97. The summed E-state index contributed by atoms with van der Waals surface area (Å²) in [5, 5.41) is 0. The molecule has 0 unspecified atom stereocenters. The Labute approximate surface area is 226 Å². The number of sulfonamides is 1. The summed E-state index contributed by atoms with van der Waals surface area (Å²) in [5.41, 5.74) is 5.68. The summed E-state index contributed by atoms with van der Waals surface area (Å²) in [5.74, 6) is 0.581. The minimum absolute atomic E-state index is 0.528. The van der Waals surface area contributed by atoms with E-state index in [9.17, 15) is 8.42 Å². The van der Waals surface area contributed by atoms with Gasteiger partial charge in [-0.15, -0.1) is 11.3 Å². The van der Waals surface area contributed by atoms with Crippen molar-refractivity contribution >= 4 is 37.3 Å². The predicted molar refractivity (Wildman–Crippen MR) is 150 cm³/mol. The Kier molecular flexibility index (Phi) is 6.95. The minimum atomic E-state index is -3.14. The molecule has 9 nitrogen and oxygen atoms in total. The van der Waals surface area contributed by atoms with E-state index in [1.807, 2.05) is 12.1 Å². The molecule has 2 aliphatic rings. The molecular weight excluding hydrogens is 522 g/mol. The van der Waals surface area contributed by atoms with Crippen LogP contribution in [0.2, 0.25) is 0 Å². The molecule has 0 atom stereocenters. The second-order valence-electron chi connectivity index (χ2n) is 9.90. The van der Waals surface area contributed by atoms with E-state index in [1.54, 1.807) is 21.9 Å². The summed E-state index contributed by atoms with van der Waals surface area (Å²) >= 11 is 1.76. The van der Waals surface area contributed by atoms with Gasteiger partial charge in [-0.3, -0.25) is 4.90 Å². The SMILES string of the molecule is Cc1cccc(-c2nc(-c3cc(N4CCOCC4)c4sc(CN5CCN(S(C)(=O)=O)CC5)cc4n3)co2)c1. The Morgan fingerprint density at radius 1 is 0.974 bits per heavy atom. The maximum atomic E-state index is 11.9. The van der Waals surface area contributed by atoms with Crippen molar-refractivity contribution in [3.63, 3.8) is 0 Å². The lowest BCUT2D eigenvalue weighted by Crippen LogP contribution is -2.47. The van der Waals surface area contributed by atoms with Gasteiger partial charge >= 0.3 is 0 Å². The molecule has 200 valence electrons. The standard InChI is InChI=1S/C27H31N5O4S2/c1-19-4-3-5-20(14-19)27-29-24(18-36-27)22-16-25(31-10-12-35-13-11-31)26-23(28-22)15-21(37-26)17-30-6-8-32(9-7-30)38(2,33)34/h3-5,14-16,18H,6-13,17H2,1-2H3. The molecule has 0 N–H and O–H groups in total. The lowest BCUT2D eigenvalue weighted by molar-refractivity contribution is 0.123. The highest BCUT2D eigenvalue weighted by atomic mass is 32.2. The van der Waals surface area contributed by atoms with Crippen LogP contribution in [0.4, 0.5) is 5.69 Å². The highest BCUT2D eigenvalue weighted by Crippen LogP contribution is 2.37. The monoisotopic (exact) mass is 553 g/mol. The zero-order valence-electron chi connectivity index (χ0n) is 21.6. The fraction of sp³-hybridized carbons (Fsp3) is 0.407. The number of fused-ring (bicyclic) bond motifs is 1. The van der Waals surface area contributed by atoms with Gasteiger partial charge < -0.3 is 14.1 Å². The van der Waals surface area contributed by atoms with Crippen LogP contribution in [-0.4, -0.2) is 86.3 Å². The number of morpholine rings is 1. The van der Waals surface area contributed by atoms with Crippen LogP contribution in [0, 0.1) is 6.92 Å². The van der Waals surface area contributed by atoms with Crippen molar-refractivity contribution < 1.29 is 17.6 Å². The quantitative estimate of drug-likeness (QED) is 0.356. The first-order valence-corrected chi connectivity index (χ1v) is 15.5. The molecule has 3 aromatic heterocycles. The Bertz CT molecular complexity index is 1550. The highest BCUT2D eigenvalue weighted by molar-refractivity contribution is 7.88. The number of rotatable bonds is 6. The van der Waals surface area contributed by atoms with Gasteiger partial charge in [0.1, 0.15) is 12.0 Å². The molecular formula is C27H31N5O4S2. The average Bonchev–Trinajstić information content (AvgIpc) is 3.56. The Hall–Kier alpha value is -2.83. The van der Waals surface area contributed by atoms with Crippen LogP contribution in [0.25, 0.3) is 33.1 Å². The number of nitrogens with zero attached hydrogens (tertiary/aromatic N) is 5. The maximum Gasteiger partial charge on any atom is 0.226 e. The Morgan fingerprint density at radius 2 is 1.76 bits per heavy atom. The van der Waals surface area contributed by atoms with Gasteiger partial charge in [0.2, 0.25) is 15.9 Å². The number of hydrogen-bond acceptors (Lipinski definition) is 9. The summed E-state index contributed by atoms with van der Waals surface area (Å²) < 4.78 is 37.9. The van der Waals surface area contributed by atoms with Crippen molar-refractivity contribution in [2.45, 2.75) is 13.5 Å². The fourth-order valence-corrected chi connectivity index (χ4v) is 7.05. The Balaban J connectivity index is 1.31. The fourth-order valence-electron chi connectivity index (χ4n) is 5.04. The molecule has 0 bridgehead atoms. The molecule has 0 radical (unpaired) electrons. The molecule has 0 amide bonds. The third-order valence-corrected chi connectivity index (χ3v) is 9.51. The van der Waals surface area contributed by atoms with Gasteiger partial charge in [0.05, 0.1) is 41.1 Å². The number of aromatic nitrogens is 2. The van der Waals surface area contributed by atoms with Gasteiger partial charge in [0, 0.05) is 56.3 Å². The zero-order valence-corrected chi connectivity index (χ0v) is 23.2. The molecule has 2 saturated heterocycles. The second kappa shape index (κ2) is 10.4. The molecule has 6 rings (SSSR count). The summed E-state index contributed by atoms with van der Waals surface area (Å²) in [7, 11) is -3.14. The van der Waals surface area contributed by atoms with Crippen molar-refractivity contribution in [1.82, 2.24) is 19.2 Å². The third kappa shape index (κ3) is 5.34. The molecule has 1 aromatic carbocycles. The first-order chi connectivity index (χ1) is 18.3. The van der Waals surface area contributed by atoms with Crippen LogP contribution >= 0.6 is 11.3 Å². The van der Waals surface area contributed by atoms with Crippen molar-refractivity contribution in [1.29, 1.82) is 0 Å². The summed E-state index contributed by atoms with van der Waals surface area (Å²) in [6, 6.07) is 12.4. The first kappa shape index (κ1) is 25.4. The van der Waals surface area contributed by atoms with Crippen LogP contribution in [0.1, 0.15) is 10.4 Å². The molecule has 0 saturated carbocycles. The summed E-state index contributed by atoms with van der Waals surface area (Å²) in [6.45, 7) is 8.37. The van der Waals surface area contributed by atoms with Gasteiger partial charge in [-0.1, -0.05) is 17.7 Å². The van der Waals surface area contributed by atoms with E-state index in [-0.39, 0.29) is 0 Å². The van der Waals surface area contributed by atoms with E-state index in [0.717, 1.165) is 65.4 Å². The van der Waals surface area contributed by atoms with Crippen LogP contribution in [0.3, 0.4) is 0 Å². The average molecular weight is 554 g/mol. The van der Waals surface area contributed by atoms with Crippen LogP contribution in [0.5, 0.6) is 0 Å². The number of thiophene rings is 1. The lowest BCUT2D eigenvalue weighted by atomic mass is 10.1. The third-order valence-electron chi connectivity index (χ3n) is 7.07. The number of pyridine rings is 1. The highest BCUT2D eigenvalue weighted by Gasteiger charge is 2.25. The molecule has 0 aliphatic carbocycles. The minimum Gasteiger partial charge on any atom is -0.444 e. The van der Waals surface area contributed by atoms with Crippen molar-refractivity contribution in [2.75, 3.05) is 63.6 Å². The molecule has 11 heteroatoms.